The van der Waals surface area contributed by atoms with Crippen LogP contribution in [0.4, 0.5) is 0 Å². The van der Waals surface area contributed by atoms with Crippen molar-refractivity contribution < 1.29 is 27.5 Å². The summed E-state index contributed by atoms with van der Waals surface area (Å²) in [6.45, 7) is 1.72. The lowest BCUT2D eigenvalue weighted by atomic mass is 10.3. The molecule has 176 valence electrons. The number of sulfonamides is 1. The number of ether oxygens (including phenoxy) is 2. The van der Waals surface area contributed by atoms with Gasteiger partial charge in [-0.15, -0.1) is 0 Å². The normalized spacial score (nSPS) is 12.2. The number of nitrogens with two attached hydrogens (primary N) is 1. The third-order valence-corrected chi connectivity index (χ3v) is 6.78. The predicted molar refractivity (Wildman–Crippen MR) is 125 cm³/mol. The topological polar surface area (TPSA) is 130 Å². The van der Waals surface area contributed by atoms with Crippen molar-refractivity contribution in [2.75, 3.05) is 13.2 Å². The number of esters is 1. The first-order chi connectivity index (χ1) is 15.6. The molecular formula is C20H19Cl2N3O6S2. The van der Waals surface area contributed by atoms with Crippen LogP contribution in [0.25, 0.3) is 10.2 Å². The lowest BCUT2D eigenvalue weighted by Crippen LogP contribution is -2.21. The number of hydrogen-bond donors (Lipinski definition) is 1. The summed E-state index contributed by atoms with van der Waals surface area (Å²) in [4.78, 5) is 28.6. The monoisotopic (exact) mass is 531 g/mol. The molecule has 0 unspecified atom stereocenters. The Morgan fingerprint density at radius 2 is 1.94 bits per heavy atom. The van der Waals surface area contributed by atoms with E-state index >= 15 is 0 Å². The molecule has 1 heterocycles. The number of rotatable bonds is 8. The summed E-state index contributed by atoms with van der Waals surface area (Å²) >= 11 is 13.0. The molecule has 0 aliphatic heterocycles. The van der Waals surface area contributed by atoms with Gasteiger partial charge in [0.15, 0.2) is 11.4 Å². The molecule has 1 aromatic heterocycles. The second kappa shape index (κ2) is 10.7. The summed E-state index contributed by atoms with van der Waals surface area (Å²) in [5.74, 6) is -0.749. The van der Waals surface area contributed by atoms with E-state index < -0.39 is 28.5 Å². The Labute approximate surface area is 203 Å². The minimum absolute atomic E-state index is 0.0366. The molecule has 9 nitrogen and oxygen atoms in total. The van der Waals surface area contributed by atoms with E-state index in [1.54, 1.807) is 23.6 Å². The van der Waals surface area contributed by atoms with E-state index in [1.165, 1.54) is 24.3 Å². The highest BCUT2D eigenvalue weighted by molar-refractivity contribution is 7.89. The fraction of sp³-hybridized carbons (Fsp3) is 0.250. The minimum atomic E-state index is -3.92. The van der Waals surface area contributed by atoms with Crippen LogP contribution in [0.15, 0.2) is 46.3 Å². The van der Waals surface area contributed by atoms with Crippen LogP contribution < -0.4 is 14.7 Å². The Kier molecular flexibility index (Phi) is 8.14. The SMILES string of the molecule is CCOC(=O)CCn1c(=NC(=O)COc2ccc(Cl)cc2Cl)sc2cc(S(N)(=O)=O)ccc21. The molecule has 0 radical (unpaired) electrons. The zero-order chi connectivity index (χ0) is 24.2. The smallest absolute Gasteiger partial charge is 0.307 e. The highest BCUT2D eigenvalue weighted by Crippen LogP contribution is 2.27. The number of amides is 1. The molecule has 1 amide bonds. The molecule has 3 aromatic rings. The number of thiazole rings is 1. The van der Waals surface area contributed by atoms with Gasteiger partial charge in [0.1, 0.15) is 5.75 Å². The van der Waals surface area contributed by atoms with Crippen molar-refractivity contribution in [2.45, 2.75) is 24.8 Å². The van der Waals surface area contributed by atoms with Crippen LogP contribution in [-0.4, -0.2) is 38.1 Å². The molecule has 2 N–H and O–H groups in total. The molecule has 0 bridgehead atoms. The number of halogens is 2. The molecule has 0 atom stereocenters. The van der Waals surface area contributed by atoms with E-state index in [0.717, 1.165) is 11.3 Å². The van der Waals surface area contributed by atoms with Gasteiger partial charge in [0.2, 0.25) is 10.0 Å². The third kappa shape index (κ3) is 6.55. The fourth-order valence-electron chi connectivity index (χ4n) is 2.84. The number of hydrogen-bond acceptors (Lipinski definition) is 7. The van der Waals surface area contributed by atoms with Gasteiger partial charge < -0.3 is 14.0 Å². The van der Waals surface area contributed by atoms with E-state index in [4.69, 9.17) is 37.8 Å². The van der Waals surface area contributed by atoms with Gasteiger partial charge in [-0.3, -0.25) is 9.59 Å². The first-order valence-electron chi connectivity index (χ1n) is 9.55. The minimum Gasteiger partial charge on any atom is -0.482 e. The van der Waals surface area contributed by atoms with Gasteiger partial charge in [-0.1, -0.05) is 34.5 Å². The maximum absolute atomic E-state index is 12.5. The summed E-state index contributed by atoms with van der Waals surface area (Å²) in [5, 5.41) is 5.89. The maximum Gasteiger partial charge on any atom is 0.307 e. The molecule has 0 spiro atoms. The lowest BCUT2D eigenvalue weighted by molar-refractivity contribution is -0.143. The molecule has 3 rings (SSSR count). The van der Waals surface area contributed by atoms with Gasteiger partial charge in [0.05, 0.1) is 33.2 Å². The molecule has 13 heteroatoms. The summed E-state index contributed by atoms with van der Waals surface area (Å²) < 4.78 is 36.0. The summed E-state index contributed by atoms with van der Waals surface area (Å²) in [6, 6.07) is 8.88. The van der Waals surface area contributed by atoms with Crippen molar-refractivity contribution in [3.63, 3.8) is 0 Å². The lowest BCUT2D eigenvalue weighted by Gasteiger charge is -2.07. The zero-order valence-electron chi connectivity index (χ0n) is 17.3. The first kappa shape index (κ1) is 25.2. The highest BCUT2D eigenvalue weighted by Gasteiger charge is 2.15. The van der Waals surface area contributed by atoms with E-state index in [1.807, 2.05) is 0 Å². The predicted octanol–water partition coefficient (Wildman–Crippen LogP) is 3.12. The van der Waals surface area contributed by atoms with Crippen molar-refractivity contribution in [3.8, 4) is 5.75 Å². The van der Waals surface area contributed by atoms with E-state index in [-0.39, 0.29) is 40.0 Å². The number of fused-ring (bicyclic) bond motifs is 1. The Bertz CT molecular complexity index is 1380. The van der Waals surface area contributed by atoms with Crippen molar-refractivity contribution in [1.82, 2.24) is 4.57 Å². The number of primary sulfonamides is 1. The van der Waals surface area contributed by atoms with Gasteiger partial charge in [-0.2, -0.15) is 4.99 Å². The van der Waals surface area contributed by atoms with Gasteiger partial charge in [-0.05, 0) is 43.3 Å². The maximum atomic E-state index is 12.5. The Balaban J connectivity index is 1.93. The second-order valence-electron chi connectivity index (χ2n) is 6.63. The number of nitrogens with zero attached hydrogens (tertiary/aromatic N) is 2. The quantitative estimate of drug-likeness (QED) is 0.444. The van der Waals surface area contributed by atoms with E-state index in [2.05, 4.69) is 4.99 Å². The number of carbonyl (C=O) groups is 2. The molecule has 0 aliphatic rings. The third-order valence-electron chi connectivity index (χ3n) is 4.29. The number of aryl methyl sites for hydroxylation is 1. The largest absolute Gasteiger partial charge is 0.482 e. The number of aromatic nitrogens is 1. The van der Waals surface area contributed by atoms with Gasteiger partial charge >= 0.3 is 5.97 Å². The van der Waals surface area contributed by atoms with Gasteiger partial charge in [0.25, 0.3) is 5.91 Å². The average molecular weight is 532 g/mol. The van der Waals surface area contributed by atoms with Crippen LogP contribution in [0.5, 0.6) is 5.75 Å². The zero-order valence-corrected chi connectivity index (χ0v) is 20.4. The molecule has 0 saturated heterocycles. The van der Waals surface area contributed by atoms with E-state index in [9.17, 15) is 18.0 Å². The molecule has 0 fully saturated rings. The van der Waals surface area contributed by atoms with Crippen LogP contribution in [0, 0.1) is 0 Å². The molecule has 0 aliphatic carbocycles. The highest BCUT2D eigenvalue weighted by atomic mass is 35.5. The van der Waals surface area contributed by atoms with Gasteiger partial charge in [-0.25, -0.2) is 13.6 Å². The molecule has 0 saturated carbocycles. The standard InChI is InChI=1S/C20H19Cl2N3O6S2/c1-2-30-19(27)7-8-25-15-5-4-13(33(23,28)29)10-17(15)32-20(25)24-18(26)11-31-16-6-3-12(21)9-14(16)22/h3-6,9-10H,2,7-8,11H2,1H3,(H2,23,28,29). The summed E-state index contributed by atoms with van der Waals surface area (Å²) in [7, 11) is -3.92. The van der Waals surface area contributed by atoms with Gasteiger partial charge in [0, 0.05) is 11.6 Å². The molecule has 2 aromatic carbocycles. The van der Waals surface area contributed by atoms with Crippen LogP contribution in [0.3, 0.4) is 0 Å². The Morgan fingerprint density at radius 1 is 1.18 bits per heavy atom. The van der Waals surface area contributed by atoms with Crippen molar-refractivity contribution in [2.24, 2.45) is 10.1 Å². The Morgan fingerprint density at radius 3 is 2.61 bits per heavy atom. The van der Waals surface area contributed by atoms with E-state index in [0.29, 0.717) is 15.2 Å². The summed E-state index contributed by atoms with van der Waals surface area (Å²) in [5.41, 5.74) is 0.588. The average Bonchev–Trinajstić information content (AvgIpc) is 3.07. The molecular weight excluding hydrogens is 513 g/mol. The van der Waals surface area contributed by atoms with Crippen molar-refractivity contribution in [1.29, 1.82) is 0 Å². The second-order valence-corrected chi connectivity index (χ2v) is 10.0. The number of carbonyl (C=O) groups excluding carboxylic acids is 2. The van der Waals surface area contributed by atoms with Crippen molar-refractivity contribution in [3.05, 3.63) is 51.2 Å². The van der Waals surface area contributed by atoms with Crippen LogP contribution in [0.2, 0.25) is 10.0 Å². The molecule has 33 heavy (non-hydrogen) atoms. The van der Waals surface area contributed by atoms with Crippen LogP contribution in [-0.2, 0) is 30.9 Å². The van der Waals surface area contributed by atoms with Crippen LogP contribution >= 0.6 is 34.5 Å². The number of benzene rings is 2. The summed E-state index contributed by atoms with van der Waals surface area (Å²) in [6.07, 6.45) is 0.0366. The Hall–Kier alpha value is -2.44. The first-order valence-corrected chi connectivity index (χ1v) is 12.7. The van der Waals surface area contributed by atoms with Crippen molar-refractivity contribution >= 4 is 66.7 Å². The van der Waals surface area contributed by atoms with Crippen LogP contribution in [0.1, 0.15) is 13.3 Å². The fourth-order valence-corrected chi connectivity index (χ4v) is 5.03.